The fourth-order valence-corrected chi connectivity index (χ4v) is 2.98. The number of sulfonamides is 1. The maximum atomic E-state index is 12.4. The van der Waals surface area contributed by atoms with E-state index in [1.807, 2.05) is 0 Å². The van der Waals surface area contributed by atoms with Crippen LogP contribution in [-0.4, -0.2) is 36.4 Å². The Morgan fingerprint density at radius 2 is 2.00 bits per heavy atom. The van der Waals surface area contributed by atoms with Crippen molar-refractivity contribution in [2.45, 2.75) is 37.5 Å². The monoisotopic (exact) mass is 305 g/mol. The highest BCUT2D eigenvalue weighted by atomic mass is 79.9. The van der Waals surface area contributed by atoms with Crippen LogP contribution in [0.2, 0.25) is 0 Å². The third kappa shape index (κ3) is 3.10. The highest BCUT2D eigenvalue weighted by molar-refractivity contribution is 9.09. The molecule has 1 aliphatic rings. The van der Waals surface area contributed by atoms with Gasteiger partial charge in [0.15, 0.2) is 0 Å². The molecule has 1 saturated carbocycles. The largest absolute Gasteiger partial charge is 0.350 e. The lowest BCUT2D eigenvalue weighted by Crippen LogP contribution is -2.46. The van der Waals surface area contributed by atoms with Crippen LogP contribution in [0.1, 0.15) is 25.7 Å². The summed E-state index contributed by atoms with van der Waals surface area (Å²) < 4.78 is 48.4. The average Bonchev–Trinajstić information content (AvgIpc) is 2.08. The molecule has 0 unspecified atom stereocenters. The van der Waals surface area contributed by atoms with Crippen LogP contribution in [0.25, 0.3) is 0 Å². The smallest absolute Gasteiger partial charge is 0.206 e. The number of hydrogen-bond donors (Lipinski definition) is 0. The summed E-state index contributed by atoms with van der Waals surface area (Å²) in [6.45, 7) is 0.183. The van der Waals surface area contributed by atoms with Crippen LogP contribution < -0.4 is 0 Å². The van der Waals surface area contributed by atoms with E-state index in [0.717, 1.165) is 10.7 Å². The van der Waals surface area contributed by atoms with Crippen LogP contribution >= 0.6 is 15.9 Å². The van der Waals surface area contributed by atoms with Gasteiger partial charge in [-0.3, -0.25) is 0 Å². The van der Waals surface area contributed by atoms with Gasteiger partial charge in [-0.25, -0.2) is 8.42 Å². The zero-order valence-electron chi connectivity index (χ0n) is 8.20. The summed E-state index contributed by atoms with van der Waals surface area (Å²) >= 11 is 3.16. The first-order valence-electron chi connectivity index (χ1n) is 4.85. The van der Waals surface area contributed by atoms with E-state index in [1.165, 1.54) is 0 Å². The van der Waals surface area contributed by atoms with Crippen LogP contribution in [0.4, 0.5) is 8.78 Å². The predicted octanol–water partition coefficient (Wildman–Crippen LogP) is 2.18. The van der Waals surface area contributed by atoms with Crippen molar-refractivity contribution < 1.29 is 17.2 Å². The summed E-state index contributed by atoms with van der Waals surface area (Å²) in [6.07, 6.45) is 2.89. The van der Waals surface area contributed by atoms with E-state index < -0.39 is 15.8 Å². The van der Waals surface area contributed by atoms with E-state index in [-0.39, 0.29) is 12.6 Å². The Balaban J connectivity index is 2.70. The average molecular weight is 306 g/mol. The standard InChI is InChI=1S/C8H14BrF2NO2S/c9-5-2-6-12(7-3-1-4-7)15(13,14)8(10)11/h7-8H,1-6H2. The SMILES string of the molecule is O=S(=O)(C(F)F)N(CCCBr)C1CCC1. The van der Waals surface area contributed by atoms with Crippen molar-refractivity contribution in [3.05, 3.63) is 0 Å². The molecule has 7 heteroatoms. The van der Waals surface area contributed by atoms with Gasteiger partial charge in [-0.1, -0.05) is 22.4 Å². The minimum absolute atomic E-state index is 0.183. The normalized spacial score (nSPS) is 18.5. The third-order valence-electron chi connectivity index (χ3n) is 2.55. The molecule has 1 fully saturated rings. The first kappa shape index (κ1) is 13.3. The fraction of sp³-hybridized carbons (Fsp3) is 1.00. The molecule has 0 heterocycles. The van der Waals surface area contributed by atoms with Crippen molar-refractivity contribution in [2.24, 2.45) is 0 Å². The molecule has 0 radical (unpaired) electrons. The van der Waals surface area contributed by atoms with Crippen molar-refractivity contribution in [3.63, 3.8) is 0 Å². The molecule has 0 bridgehead atoms. The van der Waals surface area contributed by atoms with E-state index in [2.05, 4.69) is 15.9 Å². The molecule has 90 valence electrons. The fourth-order valence-electron chi connectivity index (χ4n) is 1.51. The molecule has 1 aliphatic carbocycles. The quantitative estimate of drug-likeness (QED) is 0.705. The number of halogens is 3. The second-order valence-corrected chi connectivity index (χ2v) is 6.19. The topological polar surface area (TPSA) is 37.4 Å². The highest BCUT2D eigenvalue weighted by Crippen LogP contribution is 2.29. The summed E-state index contributed by atoms with van der Waals surface area (Å²) in [5.41, 5.74) is 0. The number of hydrogen-bond acceptors (Lipinski definition) is 2. The molecule has 0 amide bonds. The van der Waals surface area contributed by atoms with E-state index in [9.17, 15) is 17.2 Å². The molecule has 0 aromatic carbocycles. The molecule has 0 aromatic rings. The van der Waals surface area contributed by atoms with Crippen LogP contribution in [0.15, 0.2) is 0 Å². The molecule has 0 saturated heterocycles. The molecule has 15 heavy (non-hydrogen) atoms. The molecule has 0 N–H and O–H groups in total. The maximum Gasteiger partial charge on any atom is 0.350 e. The Kier molecular flexibility index (Phi) is 4.92. The van der Waals surface area contributed by atoms with E-state index in [1.54, 1.807) is 0 Å². The first-order chi connectivity index (χ1) is 7.00. The number of nitrogens with zero attached hydrogens (tertiary/aromatic N) is 1. The highest BCUT2D eigenvalue weighted by Gasteiger charge is 2.38. The van der Waals surface area contributed by atoms with Crippen molar-refractivity contribution in [3.8, 4) is 0 Å². The summed E-state index contributed by atoms with van der Waals surface area (Å²) in [5, 5.41) is 0.620. The Morgan fingerprint density at radius 1 is 1.40 bits per heavy atom. The minimum atomic E-state index is -4.39. The Labute approximate surface area is 97.0 Å². The molecule has 0 aliphatic heterocycles. The van der Waals surface area contributed by atoms with Gasteiger partial charge in [0, 0.05) is 17.9 Å². The predicted molar refractivity (Wildman–Crippen MR) is 57.7 cm³/mol. The van der Waals surface area contributed by atoms with Crippen molar-refractivity contribution in [2.75, 3.05) is 11.9 Å². The van der Waals surface area contributed by atoms with Gasteiger partial charge in [0.2, 0.25) is 0 Å². The molecule has 3 nitrogen and oxygen atoms in total. The van der Waals surface area contributed by atoms with Gasteiger partial charge in [0.1, 0.15) is 0 Å². The van der Waals surface area contributed by atoms with E-state index in [0.29, 0.717) is 24.6 Å². The second kappa shape index (κ2) is 5.54. The van der Waals surface area contributed by atoms with E-state index in [4.69, 9.17) is 0 Å². The summed E-state index contributed by atoms with van der Waals surface area (Å²) in [4.78, 5) is 0. The number of alkyl halides is 3. The Hall–Kier alpha value is 0.250. The summed E-state index contributed by atoms with van der Waals surface area (Å²) in [5.74, 6) is -3.30. The lowest BCUT2D eigenvalue weighted by molar-refractivity contribution is 0.179. The lowest BCUT2D eigenvalue weighted by Gasteiger charge is -2.36. The minimum Gasteiger partial charge on any atom is -0.206 e. The molecule has 0 spiro atoms. The van der Waals surface area contributed by atoms with Gasteiger partial charge < -0.3 is 0 Å². The van der Waals surface area contributed by atoms with Crippen LogP contribution in [0, 0.1) is 0 Å². The van der Waals surface area contributed by atoms with Gasteiger partial charge in [-0.15, -0.1) is 0 Å². The van der Waals surface area contributed by atoms with Crippen molar-refractivity contribution >= 4 is 26.0 Å². The first-order valence-corrected chi connectivity index (χ1v) is 7.47. The van der Waals surface area contributed by atoms with Crippen LogP contribution in [0.3, 0.4) is 0 Å². The zero-order valence-corrected chi connectivity index (χ0v) is 10.6. The van der Waals surface area contributed by atoms with E-state index >= 15 is 0 Å². The van der Waals surface area contributed by atoms with Gasteiger partial charge in [0.25, 0.3) is 10.0 Å². The maximum absolute atomic E-state index is 12.4. The second-order valence-electron chi connectivity index (χ2n) is 3.54. The van der Waals surface area contributed by atoms with Gasteiger partial charge >= 0.3 is 5.76 Å². The zero-order chi connectivity index (χ0) is 11.5. The lowest BCUT2D eigenvalue weighted by atomic mass is 9.93. The molecular weight excluding hydrogens is 292 g/mol. The molecule has 0 atom stereocenters. The van der Waals surface area contributed by atoms with Crippen LogP contribution in [-0.2, 0) is 10.0 Å². The Bertz CT molecular complexity index is 293. The van der Waals surface area contributed by atoms with Crippen LogP contribution in [0.5, 0.6) is 0 Å². The summed E-state index contributed by atoms with van der Waals surface area (Å²) in [7, 11) is -4.39. The number of rotatable bonds is 6. The van der Waals surface area contributed by atoms with Gasteiger partial charge in [-0.2, -0.15) is 13.1 Å². The van der Waals surface area contributed by atoms with Gasteiger partial charge in [-0.05, 0) is 19.3 Å². The van der Waals surface area contributed by atoms with Gasteiger partial charge in [0.05, 0.1) is 0 Å². The van der Waals surface area contributed by atoms with Crippen molar-refractivity contribution in [1.29, 1.82) is 0 Å². The van der Waals surface area contributed by atoms with Crippen molar-refractivity contribution in [1.82, 2.24) is 4.31 Å². The molecule has 1 rings (SSSR count). The molecule has 0 aromatic heterocycles. The molecular formula is C8H14BrF2NO2S. The summed E-state index contributed by atoms with van der Waals surface area (Å²) in [6, 6.07) is -0.206. The third-order valence-corrected chi connectivity index (χ3v) is 4.69. The Morgan fingerprint density at radius 3 is 2.33 bits per heavy atom.